The number of aromatic hydroxyl groups is 1. The Labute approximate surface area is 153 Å². The number of aliphatic imine (C=N–C) groups is 1. The van der Waals surface area contributed by atoms with E-state index < -0.39 is 24.0 Å². The fourth-order valence-electron chi connectivity index (χ4n) is 3.58. The average Bonchev–Trinajstić information content (AvgIpc) is 3.14. The standard InChI is InChI=1S/C19H25N3O4/c1-2-15-16(18(24)26-11-10-22-8-3-4-9-22)17(21-19(25)20-15)13-6-5-7-14(23)12-13/h5-7,12,16-17,23H,2-4,8-11H2,1H3,(H,21,25). The van der Waals surface area contributed by atoms with Crippen molar-refractivity contribution in [2.75, 3.05) is 26.2 Å². The Balaban J connectivity index is 1.75. The van der Waals surface area contributed by atoms with Crippen molar-refractivity contribution < 1.29 is 19.4 Å². The van der Waals surface area contributed by atoms with E-state index in [9.17, 15) is 14.7 Å². The topological polar surface area (TPSA) is 91.2 Å². The minimum absolute atomic E-state index is 0.0819. The summed E-state index contributed by atoms with van der Waals surface area (Å²) in [7, 11) is 0. The third kappa shape index (κ3) is 4.22. The van der Waals surface area contributed by atoms with Gasteiger partial charge in [-0.1, -0.05) is 19.1 Å². The SMILES string of the molecule is CCC1=NC(=O)NC(c2cccc(O)c2)C1C(=O)OCCN1CCCC1. The van der Waals surface area contributed by atoms with Gasteiger partial charge in [0, 0.05) is 12.3 Å². The minimum atomic E-state index is -0.682. The molecule has 2 atom stereocenters. The molecular weight excluding hydrogens is 334 g/mol. The Bertz CT molecular complexity index is 698. The molecule has 0 aliphatic carbocycles. The van der Waals surface area contributed by atoms with Crippen LogP contribution in [0.25, 0.3) is 0 Å². The van der Waals surface area contributed by atoms with Crippen molar-refractivity contribution in [3.63, 3.8) is 0 Å². The normalized spacial score (nSPS) is 23.4. The van der Waals surface area contributed by atoms with Gasteiger partial charge in [0.25, 0.3) is 0 Å². The van der Waals surface area contributed by atoms with Crippen molar-refractivity contribution in [3.05, 3.63) is 29.8 Å². The predicted octanol–water partition coefficient (Wildman–Crippen LogP) is 2.26. The number of ether oxygens (including phenoxy) is 1. The molecule has 0 bridgehead atoms. The summed E-state index contributed by atoms with van der Waals surface area (Å²) in [6.45, 7) is 5.00. The summed E-state index contributed by atoms with van der Waals surface area (Å²) < 4.78 is 5.52. The smallest absolute Gasteiger partial charge is 0.341 e. The van der Waals surface area contributed by atoms with Gasteiger partial charge in [-0.25, -0.2) is 9.79 Å². The molecule has 2 aliphatic heterocycles. The number of carbonyl (C=O) groups excluding carboxylic acids is 2. The molecule has 3 rings (SSSR count). The lowest BCUT2D eigenvalue weighted by molar-refractivity contribution is -0.147. The highest BCUT2D eigenvalue weighted by Gasteiger charge is 2.39. The number of hydrogen-bond donors (Lipinski definition) is 2. The van der Waals surface area contributed by atoms with Crippen molar-refractivity contribution in [2.24, 2.45) is 10.9 Å². The summed E-state index contributed by atoms with van der Waals surface area (Å²) in [6, 6.07) is 5.48. The number of carbonyl (C=O) groups is 2. The molecule has 0 spiro atoms. The first kappa shape index (κ1) is 18.4. The van der Waals surface area contributed by atoms with Crippen LogP contribution in [-0.2, 0) is 9.53 Å². The number of phenolic OH excluding ortho intramolecular Hbond substituents is 1. The van der Waals surface area contributed by atoms with E-state index in [-0.39, 0.29) is 5.75 Å². The Morgan fingerprint density at radius 1 is 1.38 bits per heavy atom. The summed E-state index contributed by atoms with van der Waals surface area (Å²) in [5.74, 6) is -0.991. The van der Waals surface area contributed by atoms with Crippen molar-refractivity contribution in [3.8, 4) is 5.75 Å². The molecular formula is C19H25N3O4. The number of amides is 2. The lowest BCUT2D eigenvalue weighted by atomic mass is 9.86. The van der Waals surface area contributed by atoms with Crippen LogP contribution < -0.4 is 5.32 Å². The highest BCUT2D eigenvalue weighted by Crippen LogP contribution is 2.30. The number of benzene rings is 1. The third-order valence-corrected chi connectivity index (χ3v) is 4.91. The second kappa shape index (κ2) is 8.31. The molecule has 2 amide bonds. The van der Waals surface area contributed by atoms with Gasteiger partial charge < -0.3 is 15.2 Å². The number of rotatable bonds is 6. The first-order valence-electron chi connectivity index (χ1n) is 9.14. The van der Waals surface area contributed by atoms with Crippen molar-refractivity contribution in [1.82, 2.24) is 10.2 Å². The fraction of sp³-hybridized carbons (Fsp3) is 0.526. The van der Waals surface area contributed by atoms with E-state index in [1.54, 1.807) is 24.3 Å². The summed E-state index contributed by atoms with van der Waals surface area (Å²) in [5.41, 5.74) is 1.16. The van der Waals surface area contributed by atoms with E-state index in [1.165, 1.54) is 12.8 Å². The Kier molecular flexibility index (Phi) is 5.88. The van der Waals surface area contributed by atoms with Crippen molar-refractivity contribution in [1.29, 1.82) is 0 Å². The largest absolute Gasteiger partial charge is 0.508 e. The number of nitrogens with one attached hydrogen (secondary N) is 1. The molecule has 1 saturated heterocycles. The molecule has 2 aliphatic rings. The maximum absolute atomic E-state index is 12.8. The number of likely N-dealkylation sites (tertiary alicyclic amines) is 1. The third-order valence-electron chi connectivity index (χ3n) is 4.91. The van der Waals surface area contributed by atoms with Crippen LogP contribution >= 0.6 is 0 Å². The molecule has 0 saturated carbocycles. The molecule has 2 unspecified atom stereocenters. The van der Waals surface area contributed by atoms with Gasteiger partial charge in [0.05, 0.1) is 6.04 Å². The molecule has 140 valence electrons. The van der Waals surface area contributed by atoms with Gasteiger partial charge in [-0.05, 0) is 50.0 Å². The summed E-state index contributed by atoms with van der Waals surface area (Å²) >= 11 is 0. The van der Waals surface area contributed by atoms with Crippen LogP contribution in [0.5, 0.6) is 5.75 Å². The zero-order valence-electron chi connectivity index (χ0n) is 15.0. The van der Waals surface area contributed by atoms with E-state index in [1.807, 2.05) is 6.92 Å². The molecule has 0 radical (unpaired) electrons. The second-order valence-corrected chi connectivity index (χ2v) is 6.67. The zero-order chi connectivity index (χ0) is 18.5. The van der Waals surface area contributed by atoms with Crippen LogP contribution in [0, 0.1) is 5.92 Å². The van der Waals surface area contributed by atoms with Gasteiger partial charge in [0.2, 0.25) is 0 Å². The van der Waals surface area contributed by atoms with Gasteiger partial charge in [-0.15, -0.1) is 0 Å². The Morgan fingerprint density at radius 2 is 2.15 bits per heavy atom. The highest BCUT2D eigenvalue weighted by molar-refractivity contribution is 6.09. The Morgan fingerprint density at radius 3 is 2.85 bits per heavy atom. The van der Waals surface area contributed by atoms with Gasteiger partial charge in [-0.3, -0.25) is 9.69 Å². The molecule has 1 aromatic carbocycles. The molecule has 2 N–H and O–H groups in total. The fourth-order valence-corrected chi connectivity index (χ4v) is 3.58. The maximum atomic E-state index is 12.8. The van der Waals surface area contributed by atoms with E-state index in [0.717, 1.165) is 19.6 Å². The van der Waals surface area contributed by atoms with E-state index in [0.29, 0.717) is 24.3 Å². The molecule has 1 aromatic rings. The van der Waals surface area contributed by atoms with Gasteiger partial charge in [0.15, 0.2) is 0 Å². The summed E-state index contributed by atoms with van der Waals surface area (Å²) in [5, 5.41) is 12.5. The highest BCUT2D eigenvalue weighted by atomic mass is 16.5. The predicted molar refractivity (Wildman–Crippen MR) is 97.2 cm³/mol. The number of phenols is 1. The summed E-state index contributed by atoms with van der Waals surface area (Å²) in [4.78, 5) is 31.0. The van der Waals surface area contributed by atoms with Gasteiger partial charge in [0.1, 0.15) is 18.3 Å². The molecule has 1 fully saturated rings. The van der Waals surface area contributed by atoms with Crippen LogP contribution in [0.1, 0.15) is 37.8 Å². The maximum Gasteiger partial charge on any atom is 0.341 e. The van der Waals surface area contributed by atoms with Crippen LogP contribution in [-0.4, -0.2) is 54.0 Å². The minimum Gasteiger partial charge on any atom is -0.508 e. The molecule has 26 heavy (non-hydrogen) atoms. The first-order valence-corrected chi connectivity index (χ1v) is 9.14. The average molecular weight is 359 g/mol. The lowest BCUT2D eigenvalue weighted by Crippen LogP contribution is -2.45. The number of nitrogens with zero attached hydrogens (tertiary/aromatic N) is 2. The van der Waals surface area contributed by atoms with Crippen LogP contribution in [0.3, 0.4) is 0 Å². The van der Waals surface area contributed by atoms with Gasteiger partial charge >= 0.3 is 12.0 Å². The number of esters is 1. The zero-order valence-corrected chi connectivity index (χ0v) is 15.0. The molecule has 7 heteroatoms. The van der Waals surface area contributed by atoms with Crippen LogP contribution in [0.15, 0.2) is 29.3 Å². The van der Waals surface area contributed by atoms with Crippen molar-refractivity contribution in [2.45, 2.75) is 32.2 Å². The van der Waals surface area contributed by atoms with Crippen LogP contribution in [0.2, 0.25) is 0 Å². The van der Waals surface area contributed by atoms with Crippen molar-refractivity contribution >= 4 is 17.7 Å². The van der Waals surface area contributed by atoms with Crippen LogP contribution in [0.4, 0.5) is 4.79 Å². The number of urea groups is 1. The quantitative estimate of drug-likeness (QED) is 0.760. The van der Waals surface area contributed by atoms with E-state index >= 15 is 0 Å². The lowest BCUT2D eigenvalue weighted by Gasteiger charge is -2.31. The monoisotopic (exact) mass is 359 g/mol. The van der Waals surface area contributed by atoms with E-state index in [2.05, 4.69) is 15.2 Å². The number of hydrogen-bond acceptors (Lipinski definition) is 5. The molecule has 7 nitrogen and oxygen atoms in total. The molecule has 2 heterocycles. The van der Waals surface area contributed by atoms with Gasteiger partial charge in [-0.2, -0.15) is 0 Å². The summed E-state index contributed by atoms with van der Waals surface area (Å²) in [6.07, 6.45) is 2.86. The van der Waals surface area contributed by atoms with E-state index in [4.69, 9.17) is 4.74 Å². The second-order valence-electron chi connectivity index (χ2n) is 6.67. The first-order chi connectivity index (χ1) is 12.6. The Hall–Kier alpha value is -2.41. The molecule has 0 aromatic heterocycles.